The number of nitrogens with zero attached hydrogens (tertiary/aromatic N) is 1. The van der Waals surface area contributed by atoms with Gasteiger partial charge in [-0.2, -0.15) is 0 Å². The van der Waals surface area contributed by atoms with Crippen molar-refractivity contribution in [2.75, 3.05) is 7.11 Å². The Hall–Kier alpha value is -1.78. The highest BCUT2D eigenvalue weighted by molar-refractivity contribution is 5.55. The molecule has 0 bridgehead atoms. The number of nitro groups is 1. The smallest absolute Gasteiger partial charge is 0.311 e. The van der Waals surface area contributed by atoms with Crippen LogP contribution in [0.4, 0.5) is 5.69 Å². The maximum absolute atomic E-state index is 10.9. The number of hydrogen-bond donors (Lipinski definition) is 0. The zero-order valence-corrected chi connectivity index (χ0v) is 10.1. The van der Waals surface area contributed by atoms with Gasteiger partial charge in [0.15, 0.2) is 0 Å². The van der Waals surface area contributed by atoms with E-state index in [9.17, 15) is 10.1 Å². The Bertz CT molecular complexity index is 468. The van der Waals surface area contributed by atoms with Crippen LogP contribution in [0.3, 0.4) is 0 Å². The van der Waals surface area contributed by atoms with E-state index >= 15 is 0 Å². The largest absolute Gasteiger partial charge is 0.490 e. The number of fused-ring (bicyclic) bond motifs is 1. The molecule has 0 aromatic heterocycles. The minimum absolute atomic E-state index is 0.00504. The number of ether oxygens (including phenoxy) is 2. The minimum Gasteiger partial charge on any atom is -0.490 e. The predicted molar refractivity (Wildman–Crippen MR) is 62.7 cm³/mol. The lowest BCUT2D eigenvalue weighted by Crippen LogP contribution is -2.32. The van der Waals surface area contributed by atoms with Gasteiger partial charge in [0.2, 0.25) is 5.75 Å². The normalized spacial score (nSPS) is 16.9. The first kappa shape index (κ1) is 11.7. The minimum atomic E-state index is -0.432. The average Bonchev–Trinajstić information content (AvgIpc) is 2.25. The molecule has 5 heteroatoms. The molecule has 0 saturated heterocycles. The summed E-state index contributed by atoms with van der Waals surface area (Å²) in [6, 6.07) is 3.15. The van der Waals surface area contributed by atoms with Crippen LogP contribution in [-0.2, 0) is 6.42 Å². The summed E-state index contributed by atoms with van der Waals surface area (Å²) in [7, 11) is 1.42. The third-order valence-corrected chi connectivity index (χ3v) is 2.94. The molecule has 0 amide bonds. The molecule has 0 N–H and O–H groups in total. The molecular formula is C12H15NO4. The lowest BCUT2D eigenvalue weighted by atomic mass is 9.94. The van der Waals surface area contributed by atoms with E-state index in [1.807, 2.05) is 13.8 Å². The van der Waals surface area contributed by atoms with Crippen molar-refractivity contribution < 1.29 is 14.4 Å². The quantitative estimate of drug-likeness (QED) is 0.586. The van der Waals surface area contributed by atoms with Crippen molar-refractivity contribution >= 4 is 5.69 Å². The molecule has 0 saturated carbocycles. The maximum Gasteiger partial charge on any atom is 0.311 e. The van der Waals surface area contributed by atoms with Crippen LogP contribution in [0.5, 0.6) is 11.5 Å². The van der Waals surface area contributed by atoms with Gasteiger partial charge in [0.1, 0.15) is 11.4 Å². The SMILES string of the molecule is COc1cc2c(cc1[N+](=O)[O-])CCC(C)(C)O2. The molecule has 0 radical (unpaired) electrons. The van der Waals surface area contributed by atoms with Crippen LogP contribution in [0.2, 0.25) is 0 Å². The zero-order chi connectivity index (χ0) is 12.6. The van der Waals surface area contributed by atoms with Crippen molar-refractivity contribution in [3.63, 3.8) is 0 Å². The summed E-state index contributed by atoms with van der Waals surface area (Å²) >= 11 is 0. The van der Waals surface area contributed by atoms with Gasteiger partial charge in [-0.1, -0.05) is 0 Å². The van der Waals surface area contributed by atoms with Crippen molar-refractivity contribution in [3.8, 4) is 11.5 Å². The standard InChI is InChI=1S/C12H15NO4/c1-12(2)5-4-8-6-9(13(14)15)11(16-3)7-10(8)17-12/h6-7H,4-5H2,1-3H3. The monoisotopic (exact) mass is 237 g/mol. The molecule has 17 heavy (non-hydrogen) atoms. The fraction of sp³-hybridized carbons (Fsp3) is 0.500. The Labute approximate surface area is 99.5 Å². The van der Waals surface area contributed by atoms with Crippen LogP contribution < -0.4 is 9.47 Å². The highest BCUT2D eigenvalue weighted by Crippen LogP contribution is 2.40. The third-order valence-electron chi connectivity index (χ3n) is 2.94. The molecule has 1 heterocycles. The topological polar surface area (TPSA) is 61.6 Å². The molecule has 0 aliphatic carbocycles. The highest BCUT2D eigenvalue weighted by Gasteiger charge is 2.29. The van der Waals surface area contributed by atoms with E-state index in [0.29, 0.717) is 5.75 Å². The van der Waals surface area contributed by atoms with Crippen molar-refractivity contribution in [1.29, 1.82) is 0 Å². The summed E-state index contributed by atoms with van der Waals surface area (Å²) in [4.78, 5) is 10.4. The van der Waals surface area contributed by atoms with Crippen LogP contribution in [-0.4, -0.2) is 17.6 Å². The Morgan fingerprint density at radius 1 is 1.47 bits per heavy atom. The van der Waals surface area contributed by atoms with Crippen LogP contribution in [0.1, 0.15) is 25.8 Å². The van der Waals surface area contributed by atoms with Crippen molar-refractivity contribution in [1.82, 2.24) is 0 Å². The van der Waals surface area contributed by atoms with E-state index in [1.54, 1.807) is 12.1 Å². The number of nitro benzene ring substituents is 1. The summed E-state index contributed by atoms with van der Waals surface area (Å²) in [6.45, 7) is 4.01. The molecule has 0 spiro atoms. The van der Waals surface area contributed by atoms with Gasteiger partial charge >= 0.3 is 5.69 Å². The van der Waals surface area contributed by atoms with E-state index in [4.69, 9.17) is 9.47 Å². The average molecular weight is 237 g/mol. The van der Waals surface area contributed by atoms with Gasteiger partial charge in [-0.15, -0.1) is 0 Å². The summed E-state index contributed by atoms with van der Waals surface area (Å²) in [5, 5.41) is 10.9. The number of rotatable bonds is 2. The lowest BCUT2D eigenvalue weighted by molar-refractivity contribution is -0.385. The second-order valence-corrected chi connectivity index (χ2v) is 4.75. The summed E-state index contributed by atoms with van der Waals surface area (Å²) in [5.74, 6) is 0.926. The van der Waals surface area contributed by atoms with Crippen molar-refractivity contribution in [2.45, 2.75) is 32.3 Å². The molecule has 0 unspecified atom stereocenters. The number of benzene rings is 1. The molecule has 1 aliphatic heterocycles. The van der Waals surface area contributed by atoms with Gasteiger partial charge in [-0.05, 0) is 26.7 Å². The van der Waals surface area contributed by atoms with Crippen LogP contribution in [0, 0.1) is 10.1 Å². The summed E-state index contributed by atoms with van der Waals surface area (Å²) in [6.07, 6.45) is 1.64. The fourth-order valence-electron chi connectivity index (χ4n) is 1.97. The molecular weight excluding hydrogens is 222 g/mol. The Morgan fingerprint density at radius 3 is 2.76 bits per heavy atom. The molecule has 1 aromatic rings. The van der Waals surface area contributed by atoms with Gasteiger partial charge in [0.25, 0.3) is 0 Å². The molecule has 92 valence electrons. The first-order valence-corrected chi connectivity index (χ1v) is 5.47. The Balaban J connectivity index is 2.48. The molecule has 1 aromatic carbocycles. The number of methoxy groups -OCH3 is 1. The second kappa shape index (κ2) is 3.91. The molecule has 0 fully saturated rings. The molecule has 5 nitrogen and oxygen atoms in total. The van der Waals surface area contributed by atoms with E-state index in [1.165, 1.54) is 7.11 Å². The van der Waals surface area contributed by atoms with Crippen LogP contribution in [0.25, 0.3) is 0 Å². The molecule has 1 aliphatic rings. The summed E-state index contributed by atoms with van der Waals surface area (Å²) < 4.78 is 10.8. The first-order chi connectivity index (χ1) is 7.93. The van der Waals surface area contributed by atoms with Crippen LogP contribution in [0.15, 0.2) is 12.1 Å². The van der Waals surface area contributed by atoms with Crippen molar-refractivity contribution in [2.24, 2.45) is 0 Å². The number of aryl methyl sites for hydroxylation is 1. The highest BCUT2D eigenvalue weighted by atomic mass is 16.6. The van der Waals surface area contributed by atoms with E-state index < -0.39 is 4.92 Å². The Kier molecular flexibility index (Phi) is 2.69. The zero-order valence-electron chi connectivity index (χ0n) is 10.1. The van der Waals surface area contributed by atoms with Gasteiger partial charge < -0.3 is 9.47 Å². The van der Waals surface area contributed by atoms with Gasteiger partial charge in [0.05, 0.1) is 12.0 Å². The molecule has 2 rings (SSSR count). The first-order valence-electron chi connectivity index (χ1n) is 5.47. The van der Waals surface area contributed by atoms with E-state index in [0.717, 1.165) is 18.4 Å². The molecule has 0 atom stereocenters. The number of hydrogen-bond acceptors (Lipinski definition) is 4. The third kappa shape index (κ3) is 2.18. The predicted octanol–water partition coefficient (Wildman–Crippen LogP) is 2.71. The van der Waals surface area contributed by atoms with Gasteiger partial charge in [-0.25, -0.2) is 0 Å². The fourth-order valence-corrected chi connectivity index (χ4v) is 1.97. The van der Waals surface area contributed by atoms with Crippen LogP contribution >= 0.6 is 0 Å². The van der Waals surface area contributed by atoms with Crippen molar-refractivity contribution in [3.05, 3.63) is 27.8 Å². The Morgan fingerprint density at radius 2 is 2.18 bits per heavy atom. The lowest BCUT2D eigenvalue weighted by Gasteiger charge is -2.32. The maximum atomic E-state index is 10.9. The van der Waals surface area contributed by atoms with E-state index in [-0.39, 0.29) is 17.0 Å². The van der Waals surface area contributed by atoms with E-state index in [2.05, 4.69) is 0 Å². The van der Waals surface area contributed by atoms with Gasteiger partial charge in [-0.3, -0.25) is 10.1 Å². The summed E-state index contributed by atoms with van der Waals surface area (Å²) in [5.41, 5.74) is 0.639. The van der Waals surface area contributed by atoms with Gasteiger partial charge in [0, 0.05) is 17.7 Å². The second-order valence-electron chi connectivity index (χ2n) is 4.75.